The summed E-state index contributed by atoms with van der Waals surface area (Å²) in [5, 5.41) is 2.86. The fourth-order valence-electron chi connectivity index (χ4n) is 2.97. The molecule has 1 aromatic heterocycles. The Labute approximate surface area is 125 Å². The third-order valence-corrected chi connectivity index (χ3v) is 3.85. The van der Waals surface area contributed by atoms with Crippen molar-refractivity contribution < 1.29 is 8.78 Å². The molecule has 1 N–H and O–H groups in total. The molecule has 2 rings (SSSR count). The summed E-state index contributed by atoms with van der Waals surface area (Å²) in [5.41, 5.74) is 0. The van der Waals surface area contributed by atoms with Crippen molar-refractivity contribution >= 4 is 11.6 Å². The van der Waals surface area contributed by atoms with Crippen molar-refractivity contribution in [3.05, 3.63) is 17.7 Å². The molecular formula is C16H25F2N3. The number of nitrogens with one attached hydrogen (secondary N) is 1. The van der Waals surface area contributed by atoms with E-state index in [0.717, 1.165) is 25.5 Å². The van der Waals surface area contributed by atoms with E-state index in [4.69, 9.17) is 0 Å². The second-order valence-electron chi connectivity index (χ2n) is 6.14. The molecule has 1 fully saturated rings. The van der Waals surface area contributed by atoms with Gasteiger partial charge in [0.1, 0.15) is 0 Å². The van der Waals surface area contributed by atoms with Gasteiger partial charge in [0.15, 0.2) is 23.3 Å². The number of nitrogens with zero attached hydrogens (tertiary/aromatic N) is 2. The van der Waals surface area contributed by atoms with Crippen LogP contribution in [0.4, 0.5) is 20.4 Å². The first-order chi connectivity index (χ1) is 10.0. The van der Waals surface area contributed by atoms with Crippen LogP contribution in [0.3, 0.4) is 0 Å². The molecule has 5 heteroatoms. The van der Waals surface area contributed by atoms with Gasteiger partial charge in [-0.25, -0.2) is 13.8 Å². The van der Waals surface area contributed by atoms with Crippen LogP contribution in [0.5, 0.6) is 0 Å². The van der Waals surface area contributed by atoms with Crippen LogP contribution in [0.1, 0.15) is 46.5 Å². The lowest BCUT2D eigenvalue weighted by Gasteiger charge is -2.32. The summed E-state index contributed by atoms with van der Waals surface area (Å²) in [7, 11) is 0. The number of anilines is 2. The van der Waals surface area contributed by atoms with Gasteiger partial charge < -0.3 is 10.2 Å². The smallest absolute Gasteiger partial charge is 0.168 e. The van der Waals surface area contributed by atoms with Crippen LogP contribution < -0.4 is 10.2 Å². The van der Waals surface area contributed by atoms with E-state index in [-0.39, 0.29) is 11.6 Å². The van der Waals surface area contributed by atoms with E-state index in [0.29, 0.717) is 18.5 Å². The van der Waals surface area contributed by atoms with E-state index in [1.165, 1.54) is 12.8 Å². The van der Waals surface area contributed by atoms with Gasteiger partial charge in [-0.05, 0) is 25.7 Å². The van der Waals surface area contributed by atoms with Gasteiger partial charge in [-0.3, -0.25) is 0 Å². The van der Waals surface area contributed by atoms with Crippen LogP contribution in [-0.4, -0.2) is 24.1 Å². The van der Waals surface area contributed by atoms with Crippen molar-refractivity contribution in [2.24, 2.45) is 5.92 Å². The minimum Gasteiger partial charge on any atom is -0.368 e. The zero-order chi connectivity index (χ0) is 15.4. The van der Waals surface area contributed by atoms with Crippen LogP contribution in [-0.2, 0) is 0 Å². The summed E-state index contributed by atoms with van der Waals surface area (Å²) >= 11 is 0. The van der Waals surface area contributed by atoms with Crippen molar-refractivity contribution in [3.63, 3.8) is 0 Å². The Hall–Kier alpha value is -1.39. The lowest BCUT2D eigenvalue weighted by atomic mass is 10.1. The maximum Gasteiger partial charge on any atom is 0.168 e. The first-order valence-corrected chi connectivity index (χ1v) is 7.89. The van der Waals surface area contributed by atoms with Crippen LogP contribution >= 0.6 is 0 Å². The molecule has 1 aliphatic carbocycles. The Morgan fingerprint density at radius 2 is 1.95 bits per heavy atom. The van der Waals surface area contributed by atoms with Crippen molar-refractivity contribution in [3.8, 4) is 0 Å². The van der Waals surface area contributed by atoms with Crippen molar-refractivity contribution in [1.82, 2.24) is 4.98 Å². The lowest BCUT2D eigenvalue weighted by Crippen LogP contribution is -2.37. The molecule has 1 heterocycles. The van der Waals surface area contributed by atoms with Gasteiger partial charge in [0.25, 0.3) is 0 Å². The summed E-state index contributed by atoms with van der Waals surface area (Å²) in [6.45, 7) is 7.38. The zero-order valence-electron chi connectivity index (χ0n) is 13.1. The van der Waals surface area contributed by atoms with Crippen LogP contribution in [0.25, 0.3) is 0 Å². The largest absolute Gasteiger partial charge is 0.368 e. The number of rotatable bonds is 6. The SMILES string of the molecule is CCNc1nc(N(CC(C)C)C2CCCC2)c(F)cc1F. The van der Waals surface area contributed by atoms with E-state index >= 15 is 0 Å². The predicted octanol–water partition coefficient (Wildman–Crippen LogP) is 4.20. The highest BCUT2D eigenvalue weighted by atomic mass is 19.1. The van der Waals surface area contributed by atoms with Crippen LogP contribution in [0, 0.1) is 17.6 Å². The van der Waals surface area contributed by atoms with Gasteiger partial charge in [0.2, 0.25) is 0 Å². The molecule has 0 aliphatic heterocycles. The molecule has 0 atom stereocenters. The van der Waals surface area contributed by atoms with E-state index in [2.05, 4.69) is 24.1 Å². The fourth-order valence-corrected chi connectivity index (χ4v) is 2.97. The Morgan fingerprint density at radius 3 is 2.52 bits per heavy atom. The highest BCUT2D eigenvalue weighted by Gasteiger charge is 2.27. The predicted molar refractivity (Wildman–Crippen MR) is 82.8 cm³/mol. The molecule has 0 amide bonds. The standard InChI is InChI=1S/C16H25F2N3/c1-4-19-15-13(17)9-14(18)16(20-15)21(10-11(2)3)12-7-5-6-8-12/h9,11-12H,4-8,10H2,1-3H3,(H,19,20). The molecule has 0 aromatic carbocycles. The molecule has 118 valence electrons. The maximum absolute atomic E-state index is 14.3. The van der Waals surface area contributed by atoms with E-state index in [9.17, 15) is 8.78 Å². The first-order valence-electron chi connectivity index (χ1n) is 7.89. The molecule has 0 saturated heterocycles. The third kappa shape index (κ3) is 3.83. The van der Waals surface area contributed by atoms with Gasteiger partial charge in [-0.2, -0.15) is 0 Å². The average Bonchev–Trinajstić information content (AvgIpc) is 2.93. The second-order valence-corrected chi connectivity index (χ2v) is 6.14. The number of hydrogen-bond acceptors (Lipinski definition) is 3. The van der Waals surface area contributed by atoms with Crippen LogP contribution in [0.2, 0.25) is 0 Å². The topological polar surface area (TPSA) is 28.2 Å². The molecule has 0 spiro atoms. The van der Waals surface area contributed by atoms with E-state index < -0.39 is 11.6 Å². The number of aromatic nitrogens is 1. The van der Waals surface area contributed by atoms with Gasteiger partial charge in [0, 0.05) is 25.2 Å². The van der Waals surface area contributed by atoms with Crippen molar-refractivity contribution in [1.29, 1.82) is 0 Å². The number of pyridine rings is 1. The number of hydrogen-bond donors (Lipinski definition) is 1. The molecular weight excluding hydrogens is 272 g/mol. The normalized spacial score (nSPS) is 15.7. The summed E-state index contributed by atoms with van der Waals surface area (Å²) in [4.78, 5) is 6.26. The minimum atomic E-state index is -0.631. The Kier molecular flexibility index (Phi) is 5.37. The quantitative estimate of drug-likeness (QED) is 0.853. The second kappa shape index (κ2) is 7.05. The Balaban J connectivity index is 2.35. The average molecular weight is 297 g/mol. The summed E-state index contributed by atoms with van der Waals surface area (Å²) in [6.07, 6.45) is 4.45. The van der Waals surface area contributed by atoms with E-state index in [1.54, 1.807) is 0 Å². The number of halogens is 2. The molecule has 1 aromatic rings. The molecule has 3 nitrogen and oxygen atoms in total. The Morgan fingerprint density at radius 1 is 1.29 bits per heavy atom. The third-order valence-electron chi connectivity index (χ3n) is 3.85. The fraction of sp³-hybridized carbons (Fsp3) is 0.688. The summed E-state index contributed by atoms with van der Waals surface area (Å²) < 4.78 is 28.0. The molecule has 1 aliphatic rings. The highest BCUT2D eigenvalue weighted by molar-refractivity contribution is 5.50. The lowest BCUT2D eigenvalue weighted by molar-refractivity contribution is 0.508. The maximum atomic E-state index is 14.3. The van der Waals surface area contributed by atoms with E-state index in [1.807, 2.05) is 11.8 Å². The molecule has 0 radical (unpaired) electrons. The monoisotopic (exact) mass is 297 g/mol. The highest BCUT2D eigenvalue weighted by Crippen LogP contribution is 2.31. The first kappa shape index (κ1) is 16.0. The van der Waals surface area contributed by atoms with Crippen molar-refractivity contribution in [2.45, 2.75) is 52.5 Å². The summed E-state index contributed by atoms with van der Waals surface area (Å²) in [6, 6.07) is 1.26. The van der Waals surface area contributed by atoms with Crippen molar-refractivity contribution in [2.75, 3.05) is 23.3 Å². The zero-order valence-corrected chi connectivity index (χ0v) is 13.1. The van der Waals surface area contributed by atoms with Gasteiger partial charge in [-0.1, -0.05) is 26.7 Å². The molecule has 0 bridgehead atoms. The van der Waals surface area contributed by atoms with Crippen LogP contribution in [0.15, 0.2) is 6.07 Å². The Bertz CT molecular complexity index is 471. The van der Waals surface area contributed by atoms with Gasteiger partial charge in [-0.15, -0.1) is 0 Å². The molecule has 1 saturated carbocycles. The molecule has 0 unspecified atom stereocenters. The van der Waals surface area contributed by atoms with Gasteiger partial charge in [0.05, 0.1) is 0 Å². The van der Waals surface area contributed by atoms with Gasteiger partial charge >= 0.3 is 0 Å². The minimum absolute atomic E-state index is 0.139. The molecule has 21 heavy (non-hydrogen) atoms. The summed E-state index contributed by atoms with van der Waals surface area (Å²) in [5.74, 6) is -0.372.